The van der Waals surface area contributed by atoms with E-state index in [9.17, 15) is 14.3 Å². The number of hydrogen-bond donors (Lipinski definition) is 1. The highest BCUT2D eigenvalue weighted by Crippen LogP contribution is 2.44. The second kappa shape index (κ2) is 7.49. The third-order valence-electron chi connectivity index (χ3n) is 4.85. The first kappa shape index (κ1) is 18.3. The Kier molecular flexibility index (Phi) is 4.88. The second-order valence-corrected chi connectivity index (χ2v) is 7.05. The lowest BCUT2D eigenvalue weighted by molar-refractivity contribution is -0.130. The number of carbonyl (C=O) groups excluding carboxylic acids is 1. The molecule has 0 bridgehead atoms. The van der Waals surface area contributed by atoms with Crippen molar-refractivity contribution in [3.8, 4) is 0 Å². The molecule has 1 heterocycles. The van der Waals surface area contributed by atoms with Gasteiger partial charge in [0.25, 0.3) is 5.91 Å². The van der Waals surface area contributed by atoms with Crippen molar-refractivity contribution in [3.63, 3.8) is 0 Å². The van der Waals surface area contributed by atoms with Crippen molar-refractivity contribution in [2.75, 3.05) is 0 Å². The molecular weight excluding hydrogens is 377 g/mol. The molecule has 0 saturated carbocycles. The first-order valence-electron chi connectivity index (χ1n) is 8.84. The predicted molar refractivity (Wildman–Crippen MR) is 107 cm³/mol. The molecule has 140 valence electrons. The van der Waals surface area contributed by atoms with E-state index in [0.717, 1.165) is 5.56 Å². The molecule has 4 rings (SSSR count). The highest BCUT2D eigenvalue weighted by Gasteiger charge is 2.41. The zero-order valence-corrected chi connectivity index (χ0v) is 15.6. The molecular formula is C23H17ClFNO2. The number of aliphatic hydroxyl groups excluding tert-OH is 1. The van der Waals surface area contributed by atoms with Gasteiger partial charge in [-0.1, -0.05) is 72.3 Å². The maximum atomic E-state index is 14.7. The van der Waals surface area contributed by atoms with Gasteiger partial charge in [0, 0.05) is 22.7 Å². The third kappa shape index (κ3) is 3.27. The van der Waals surface area contributed by atoms with Crippen LogP contribution in [0.1, 0.15) is 22.7 Å². The highest BCUT2D eigenvalue weighted by molar-refractivity contribution is 6.30. The quantitative estimate of drug-likeness (QED) is 0.633. The van der Waals surface area contributed by atoms with Gasteiger partial charge in [0.15, 0.2) is 5.76 Å². The molecule has 0 spiro atoms. The molecule has 1 aliphatic rings. The molecule has 1 N–H and O–H groups in total. The molecule has 0 saturated heterocycles. The molecule has 0 aliphatic carbocycles. The van der Waals surface area contributed by atoms with E-state index in [1.54, 1.807) is 42.5 Å². The largest absolute Gasteiger partial charge is 0.503 e. The summed E-state index contributed by atoms with van der Waals surface area (Å²) in [5.41, 5.74) is 2.26. The summed E-state index contributed by atoms with van der Waals surface area (Å²) in [5.74, 6) is -1.31. The molecule has 1 atom stereocenters. The van der Waals surface area contributed by atoms with Crippen LogP contribution in [0.2, 0.25) is 5.02 Å². The van der Waals surface area contributed by atoms with Crippen LogP contribution < -0.4 is 0 Å². The van der Waals surface area contributed by atoms with Crippen molar-refractivity contribution >= 4 is 23.1 Å². The van der Waals surface area contributed by atoms with Crippen molar-refractivity contribution in [2.45, 2.75) is 12.6 Å². The van der Waals surface area contributed by atoms with Crippen molar-refractivity contribution in [2.24, 2.45) is 0 Å². The molecule has 28 heavy (non-hydrogen) atoms. The van der Waals surface area contributed by atoms with Crippen LogP contribution >= 0.6 is 11.6 Å². The van der Waals surface area contributed by atoms with Crippen LogP contribution in [0.4, 0.5) is 4.39 Å². The van der Waals surface area contributed by atoms with Gasteiger partial charge >= 0.3 is 0 Å². The van der Waals surface area contributed by atoms with Gasteiger partial charge in [0.2, 0.25) is 0 Å². The zero-order chi connectivity index (χ0) is 19.7. The first-order chi connectivity index (χ1) is 13.6. The maximum absolute atomic E-state index is 14.7. The second-order valence-electron chi connectivity index (χ2n) is 6.61. The normalized spacial score (nSPS) is 16.7. The van der Waals surface area contributed by atoms with Crippen molar-refractivity contribution < 1.29 is 14.3 Å². The summed E-state index contributed by atoms with van der Waals surface area (Å²) in [7, 11) is 0. The summed E-state index contributed by atoms with van der Waals surface area (Å²) in [4.78, 5) is 14.4. The minimum atomic E-state index is -0.730. The van der Waals surface area contributed by atoms with E-state index in [-0.39, 0.29) is 12.3 Å². The van der Waals surface area contributed by atoms with Gasteiger partial charge in [-0.05, 0) is 29.3 Å². The number of rotatable bonds is 4. The minimum absolute atomic E-state index is 0.218. The molecule has 0 unspecified atom stereocenters. The summed E-state index contributed by atoms with van der Waals surface area (Å²) in [6.07, 6.45) is 0. The number of amides is 1. The van der Waals surface area contributed by atoms with Crippen molar-refractivity contribution in [1.29, 1.82) is 0 Å². The van der Waals surface area contributed by atoms with E-state index in [1.807, 2.05) is 30.3 Å². The van der Waals surface area contributed by atoms with Crippen LogP contribution in [-0.4, -0.2) is 15.9 Å². The van der Waals surface area contributed by atoms with Gasteiger partial charge in [-0.15, -0.1) is 0 Å². The lowest BCUT2D eigenvalue weighted by Gasteiger charge is -2.27. The molecule has 3 aromatic rings. The highest BCUT2D eigenvalue weighted by atomic mass is 35.5. The van der Waals surface area contributed by atoms with E-state index in [1.165, 1.54) is 11.0 Å². The number of carbonyl (C=O) groups is 1. The monoisotopic (exact) mass is 393 g/mol. The Hall–Kier alpha value is -3.11. The van der Waals surface area contributed by atoms with Crippen LogP contribution in [0.15, 0.2) is 84.6 Å². The zero-order valence-electron chi connectivity index (χ0n) is 14.8. The molecule has 0 fully saturated rings. The van der Waals surface area contributed by atoms with Crippen LogP contribution in [0.3, 0.4) is 0 Å². The maximum Gasteiger partial charge on any atom is 0.290 e. The van der Waals surface area contributed by atoms with Gasteiger partial charge in [-0.25, -0.2) is 4.39 Å². The summed E-state index contributed by atoms with van der Waals surface area (Å²) in [5, 5.41) is 11.3. The summed E-state index contributed by atoms with van der Waals surface area (Å²) >= 11 is 5.95. The number of hydrogen-bond acceptors (Lipinski definition) is 2. The minimum Gasteiger partial charge on any atom is -0.503 e. The van der Waals surface area contributed by atoms with Gasteiger partial charge in [-0.3, -0.25) is 4.79 Å². The molecule has 3 aromatic carbocycles. The lowest BCUT2D eigenvalue weighted by Crippen LogP contribution is -2.30. The van der Waals surface area contributed by atoms with E-state index in [2.05, 4.69) is 0 Å². The lowest BCUT2D eigenvalue weighted by atomic mass is 9.93. The van der Waals surface area contributed by atoms with Crippen molar-refractivity contribution in [3.05, 3.63) is 112 Å². The number of nitrogens with zero attached hydrogens (tertiary/aromatic N) is 1. The van der Waals surface area contributed by atoms with Crippen molar-refractivity contribution in [1.82, 2.24) is 4.90 Å². The molecule has 0 radical (unpaired) electrons. The smallest absolute Gasteiger partial charge is 0.290 e. The molecule has 1 amide bonds. The Morgan fingerprint density at radius 1 is 0.929 bits per heavy atom. The molecule has 3 nitrogen and oxygen atoms in total. The topological polar surface area (TPSA) is 40.5 Å². The fourth-order valence-corrected chi connectivity index (χ4v) is 3.66. The Morgan fingerprint density at radius 3 is 2.25 bits per heavy atom. The SMILES string of the molecule is O=C1C(O)=C(c2ccccc2)[C@@H](c2ccccc2F)N1Cc1ccc(Cl)cc1. The average Bonchev–Trinajstić information content (AvgIpc) is 2.95. The summed E-state index contributed by atoms with van der Waals surface area (Å²) < 4.78 is 14.7. The Morgan fingerprint density at radius 2 is 1.57 bits per heavy atom. The van der Waals surface area contributed by atoms with E-state index in [0.29, 0.717) is 21.7 Å². The Labute approximate surface area is 167 Å². The van der Waals surface area contributed by atoms with E-state index in [4.69, 9.17) is 11.6 Å². The van der Waals surface area contributed by atoms with Crippen LogP contribution in [0, 0.1) is 5.82 Å². The summed E-state index contributed by atoms with van der Waals surface area (Å²) in [6, 6.07) is 21.8. The van der Waals surface area contributed by atoms with Crippen LogP contribution in [0.25, 0.3) is 5.57 Å². The van der Waals surface area contributed by atoms with Gasteiger partial charge in [0.05, 0.1) is 6.04 Å². The molecule has 1 aliphatic heterocycles. The van der Waals surface area contributed by atoms with Gasteiger partial charge in [0.1, 0.15) is 5.82 Å². The third-order valence-corrected chi connectivity index (χ3v) is 5.11. The number of benzene rings is 3. The fraction of sp³-hybridized carbons (Fsp3) is 0.0870. The Balaban J connectivity index is 1.83. The number of aliphatic hydroxyl groups is 1. The molecule has 5 heteroatoms. The Bertz CT molecular complexity index is 1050. The van der Waals surface area contributed by atoms with E-state index < -0.39 is 17.8 Å². The number of halogens is 2. The summed E-state index contributed by atoms with van der Waals surface area (Å²) in [6.45, 7) is 0.218. The van der Waals surface area contributed by atoms with Gasteiger partial charge < -0.3 is 10.0 Å². The first-order valence-corrected chi connectivity index (χ1v) is 9.22. The van der Waals surface area contributed by atoms with E-state index >= 15 is 0 Å². The average molecular weight is 394 g/mol. The van der Waals surface area contributed by atoms with Crippen LogP contribution in [0.5, 0.6) is 0 Å². The van der Waals surface area contributed by atoms with Gasteiger partial charge in [-0.2, -0.15) is 0 Å². The predicted octanol–water partition coefficient (Wildman–Crippen LogP) is 5.53. The standard InChI is InChI=1S/C23H17ClFNO2/c24-17-12-10-15(11-13-17)14-26-21(18-8-4-5-9-19(18)25)20(22(27)23(26)28)16-6-2-1-3-7-16/h1-13,21,27H,14H2/t21-/m1/s1. The fourth-order valence-electron chi connectivity index (χ4n) is 3.54. The molecule has 0 aromatic heterocycles. The van der Waals surface area contributed by atoms with Crippen LogP contribution in [-0.2, 0) is 11.3 Å².